The summed E-state index contributed by atoms with van der Waals surface area (Å²) in [5.41, 5.74) is 2.25. The van der Waals surface area contributed by atoms with Gasteiger partial charge in [0.15, 0.2) is 5.78 Å². The molecular formula is C20H19N3O4S. The molecule has 2 aromatic carbocycles. The molecule has 3 rings (SSSR count). The van der Waals surface area contributed by atoms with Crippen LogP contribution in [0.1, 0.15) is 42.1 Å². The Morgan fingerprint density at radius 3 is 2.64 bits per heavy atom. The largest absolute Gasteiger partial charge is 0.411 e. The molecule has 0 unspecified atom stereocenters. The highest BCUT2D eigenvalue weighted by molar-refractivity contribution is 7.99. The van der Waals surface area contributed by atoms with Gasteiger partial charge in [-0.2, -0.15) is 0 Å². The second kappa shape index (κ2) is 8.79. The number of nitro benzene ring substituents is 1. The van der Waals surface area contributed by atoms with Crippen molar-refractivity contribution in [3.8, 4) is 11.5 Å². The van der Waals surface area contributed by atoms with Crippen LogP contribution in [-0.4, -0.2) is 26.7 Å². The van der Waals surface area contributed by atoms with E-state index < -0.39 is 4.92 Å². The van der Waals surface area contributed by atoms with Gasteiger partial charge < -0.3 is 4.42 Å². The van der Waals surface area contributed by atoms with Gasteiger partial charge in [-0.15, -0.1) is 10.2 Å². The molecule has 0 bridgehead atoms. The number of non-ortho nitro benzene ring substituents is 1. The Bertz CT molecular complexity index is 985. The van der Waals surface area contributed by atoms with Crippen LogP contribution in [0.15, 0.2) is 58.2 Å². The molecule has 0 fully saturated rings. The van der Waals surface area contributed by atoms with Crippen LogP contribution in [-0.2, 0) is 0 Å². The molecule has 0 N–H and O–H groups in total. The van der Waals surface area contributed by atoms with E-state index in [9.17, 15) is 14.9 Å². The maximum absolute atomic E-state index is 12.4. The van der Waals surface area contributed by atoms with Crippen molar-refractivity contribution in [3.63, 3.8) is 0 Å². The number of thioether (sulfide) groups is 1. The van der Waals surface area contributed by atoms with Gasteiger partial charge in [-0.05, 0) is 24.0 Å². The number of rotatable bonds is 8. The van der Waals surface area contributed by atoms with E-state index in [-0.39, 0.29) is 28.3 Å². The molecule has 0 amide bonds. The lowest BCUT2D eigenvalue weighted by Crippen LogP contribution is -2.03. The number of aromatic nitrogens is 2. The highest BCUT2D eigenvalue weighted by Crippen LogP contribution is 2.26. The molecule has 0 spiro atoms. The molecule has 0 aliphatic carbocycles. The average molecular weight is 397 g/mol. The van der Waals surface area contributed by atoms with Crippen LogP contribution in [0.3, 0.4) is 0 Å². The maximum atomic E-state index is 12.4. The number of benzene rings is 2. The van der Waals surface area contributed by atoms with Gasteiger partial charge >= 0.3 is 0 Å². The van der Waals surface area contributed by atoms with Crippen molar-refractivity contribution < 1.29 is 14.1 Å². The molecule has 3 aromatic rings. The number of carbonyl (C=O) groups excluding carboxylic acids is 1. The molecule has 144 valence electrons. The quantitative estimate of drug-likeness (QED) is 0.225. The zero-order valence-corrected chi connectivity index (χ0v) is 16.3. The first-order valence-electron chi connectivity index (χ1n) is 8.82. The van der Waals surface area contributed by atoms with E-state index in [4.69, 9.17) is 4.42 Å². The number of Topliss-reactive ketones (excluding diaryl/α,β-unsaturated/α-hetero) is 1. The third-order valence-electron chi connectivity index (χ3n) is 4.45. The predicted molar refractivity (Wildman–Crippen MR) is 107 cm³/mol. The monoisotopic (exact) mass is 397 g/mol. The SMILES string of the molecule is CC[C@H](C)c1ccc(C(=O)CSc2nnc(-c3cccc([N+](=O)[O-])c3)o2)cc1. The fourth-order valence-electron chi connectivity index (χ4n) is 2.58. The highest BCUT2D eigenvalue weighted by atomic mass is 32.2. The van der Waals surface area contributed by atoms with Crippen LogP contribution >= 0.6 is 11.8 Å². The Balaban J connectivity index is 1.63. The van der Waals surface area contributed by atoms with Crippen LogP contribution in [0, 0.1) is 10.1 Å². The zero-order valence-electron chi connectivity index (χ0n) is 15.5. The van der Waals surface area contributed by atoms with Gasteiger partial charge in [-0.3, -0.25) is 14.9 Å². The van der Waals surface area contributed by atoms with E-state index in [1.807, 2.05) is 24.3 Å². The Hall–Kier alpha value is -3.00. The van der Waals surface area contributed by atoms with Crippen LogP contribution in [0.4, 0.5) is 5.69 Å². The average Bonchev–Trinajstić information content (AvgIpc) is 3.20. The molecule has 0 radical (unpaired) electrons. The summed E-state index contributed by atoms with van der Waals surface area (Å²) < 4.78 is 5.52. The standard InChI is InChI=1S/C20H19N3O4S/c1-3-13(2)14-7-9-15(10-8-14)18(24)12-28-20-22-21-19(27-20)16-5-4-6-17(11-16)23(25)26/h4-11,13H,3,12H2,1-2H3/t13-/m0/s1. The fourth-order valence-corrected chi connectivity index (χ4v) is 3.24. The summed E-state index contributed by atoms with van der Waals surface area (Å²) in [7, 11) is 0. The molecule has 0 aliphatic rings. The van der Waals surface area contributed by atoms with E-state index >= 15 is 0 Å². The van der Waals surface area contributed by atoms with Gasteiger partial charge in [-0.25, -0.2) is 0 Å². The van der Waals surface area contributed by atoms with E-state index in [0.717, 1.165) is 18.2 Å². The molecule has 0 saturated heterocycles. The number of nitro groups is 1. The van der Waals surface area contributed by atoms with Crippen LogP contribution in [0.5, 0.6) is 0 Å². The molecular weight excluding hydrogens is 378 g/mol. The summed E-state index contributed by atoms with van der Waals surface area (Å²) in [4.78, 5) is 22.8. The maximum Gasteiger partial charge on any atom is 0.277 e. The van der Waals surface area contributed by atoms with Gasteiger partial charge in [0.25, 0.3) is 10.9 Å². The van der Waals surface area contributed by atoms with Gasteiger partial charge in [0, 0.05) is 23.3 Å². The summed E-state index contributed by atoms with van der Waals surface area (Å²) in [5.74, 6) is 0.774. The van der Waals surface area contributed by atoms with E-state index in [1.54, 1.807) is 12.1 Å². The third-order valence-corrected chi connectivity index (χ3v) is 5.27. The molecule has 7 nitrogen and oxygen atoms in total. The lowest BCUT2D eigenvalue weighted by molar-refractivity contribution is -0.384. The Morgan fingerprint density at radius 2 is 1.96 bits per heavy atom. The van der Waals surface area contributed by atoms with Crippen LogP contribution < -0.4 is 0 Å². The topological polar surface area (TPSA) is 99.1 Å². The van der Waals surface area contributed by atoms with Crippen molar-refractivity contribution in [2.45, 2.75) is 31.4 Å². The highest BCUT2D eigenvalue weighted by Gasteiger charge is 2.15. The minimum absolute atomic E-state index is 0.0317. The first-order valence-corrected chi connectivity index (χ1v) is 9.80. The lowest BCUT2D eigenvalue weighted by atomic mass is 9.97. The molecule has 0 saturated carbocycles. The van der Waals surface area contributed by atoms with Crippen molar-refractivity contribution in [2.24, 2.45) is 0 Å². The molecule has 1 aromatic heterocycles. The van der Waals surface area contributed by atoms with Crippen molar-refractivity contribution >= 4 is 23.2 Å². The van der Waals surface area contributed by atoms with Crippen LogP contribution in [0.25, 0.3) is 11.5 Å². The minimum atomic E-state index is -0.485. The fraction of sp³-hybridized carbons (Fsp3) is 0.250. The van der Waals surface area contributed by atoms with Crippen molar-refractivity contribution in [3.05, 3.63) is 69.8 Å². The summed E-state index contributed by atoms with van der Waals surface area (Å²) >= 11 is 1.14. The molecule has 1 heterocycles. The molecule has 1 atom stereocenters. The van der Waals surface area contributed by atoms with E-state index in [1.165, 1.54) is 17.7 Å². The van der Waals surface area contributed by atoms with E-state index in [0.29, 0.717) is 17.0 Å². The summed E-state index contributed by atoms with van der Waals surface area (Å²) in [5, 5.41) is 18.9. The molecule has 28 heavy (non-hydrogen) atoms. The second-order valence-corrected chi connectivity index (χ2v) is 7.25. The normalized spacial score (nSPS) is 11.9. The number of ketones is 1. The first-order chi connectivity index (χ1) is 13.5. The van der Waals surface area contributed by atoms with Gasteiger partial charge in [0.1, 0.15) is 0 Å². The lowest BCUT2D eigenvalue weighted by Gasteiger charge is -2.09. The Kier molecular flexibility index (Phi) is 6.20. The second-order valence-electron chi connectivity index (χ2n) is 6.32. The van der Waals surface area contributed by atoms with Crippen molar-refractivity contribution in [1.82, 2.24) is 10.2 Å². The number of carbonyl (C=O) groups is 1. The molecule has 8 heteroatoms. The summed E-state index contributed by atoms with van der Waals surface area (Å²) in [6, 6.07) is 13.6. The van der Waals surface area contributed by atoms with Crippen LogP contribution in [0.2, 0.25) is 0 Å². The smallest absolute Gasteiger partial charge is 0.277 e. The van der Waals surface area contributed by atoms with Gasteiger partial charge in [-0.1, -0.05) is 55.9 Å². The summed E-state index contributed by atoms with van der Waals surface area (Å²) in [6.45, 7) is 4.29. The van der Waals surface area contributed by atoms with Crippen molar-refractivity contribution in [2.75, 3.05) is 5.75 Å². The van der Waals surface area contributed by atoms with Crippen molar-refractivity contribution in [1.29, 1.82) is 0 Å². The zero-order chi connectivity index (χ0) is 20.1. The predicted octanol–water partition coefficient (Wildman–Crippen LogP) is 5.13. The summed E-state index contributed by atoms with van der Waals surface area (Å²) in [6.07, 6.45) is 1.05. The Morgan fingerprint density at radius 1 is 1.21 bits per heavy atom. The molecule has 0 aliphatic heterocycles. The van der Waals surface area contributed by atoms with Gasteiger partial charge in [0.05, 0.1) is 10.7 Å². The Labute approximate surface area is 166 Å². The minimum Gasteiger partial charge on any atom is -0.411 e. The van der Waals surface area contributed by atoms with Gasteiger partial charge in [0.2, 0.25) is 5.89 Å². The third kappa shape index (κ3) is 4.64. The number of nitrogens with zero attached hydrogens (tertiary/aromatic N) is 3. The first kappa shape index (κ1) is 19.8. The van der Waals surface area contributed by atoms with E-state index in [2.05, 4.69) is 24.0 Å². The number of hydrogen-bond acceptors (Lipinski definition) is 7. The number of hydrogen-bond donors (Lipinski definition) is 0.